The summed E-state index contributed by atoms with van der Waals surface area (Å²) in [5.41, 5.74) is 6.04. The molecular weight excluding hydrogens is 183 g/mol. The molecule has 70 valence electrons. The van der Waals surface area contributed by atoms with Crippen LogP contribution in [0.4, 0.5) is 10.2 Å². The van der Waals surface area contributed by atoms with Gasteiger partial charge in [-0.2, -0.15) is 0 Å². The first-order valence-electron chi connectivity index (χ1n) is 3.97. The van der Waals surface area contributed by atoms with Gasteiger partial charge in [0.25, 0.3) is 0 Å². The molecule has 1 aromatic carbocycles. The minimum absolute atomic E-state index is 0.260. The average Bonchev–Trinajstić information content (AvgIpc) is 2.21. The molecule has 0 atom stereocenters. The van der Waals surface area contributed by atoms with Crippen LogP contribution in [0.3, 0.4) is 0 Å². The molecule has 0 amide bonds. The van der Waals surface area contributed by atoms with E-state index in [1.165, 1.54) is 18.3 Å². The van der Waals surface area contributed by atoms with E-state index in [1.54, 1.807) is 12.1 Å². The van der Waals surface area contributed by atoms with E-state index in [1.807, 2.05) is 0 Å². The van der Waals surface area contributed by atoms with E-state index in [-0.39, 0.29) is 11.6 Å². The first-order chi connectivity index (χ1) is 6.75. The number of nitrogens with two attached hydrogens (primary N) is 1. The Morgan fingerprint density at radius 1 is 1.07 bits per heavy atom. The number of benzene rings is 1. The van der Waals surface area contributed by atoms with Crippen molar-refractivity contribution in [2.45, 2.75) is 0 Å². The molecule has 0 spiro atoms. The molecule has 2 aromatic rings. The number of rotatable bonds is 1. The van der Waals surface area contributed by atoms with Crippen LogP contribution in [-0.4, -0.2) is 15.2 Å². The molecule has 0 radical (unpaired) electrons. The molecule has 0 aliphatic rings. The van der Waals surface area contributed by atoms with Crippen LogP contribution in [-0.2, 0) is 0 Å². The number of anilines is 1. The van der Waals surface area contributed by atoms with Gasteiger partial charge in [0.05, 0.1) is 6.20 Å². The fourth-order valence-electron chi connectivity index (χ4n) is 1.02. The molecule has 0 aliphatic carbocycles. The predicted molar refractivity (Wildman–Crippen MR) is 49.6 cm³/mol. The molecule has 0 saturated heterocycles. The summed E-state index contributed by atoms with van der Waals surface area (Å²) in [5.74, 6) is 0.396. The van der Waals surface area contributed by atoms with Crippen molar-refractivity contribution in [3.8, 4) is 11.4 Å². The molecule has 0 unspecified atom stereocenters. The Hall–Kier alpha value is -2.04. The van der Waals surface area contributed by atoms with Crippen LogP contribution < -0.4 is 5.73 Å². The summed E-state index contributed by atoms with van der Waals surface area (Å²) in [5, 5.41) is 7.42. The monoisotopic (exact) mass is 190 g/mol. The second-order valence-electron chi connectivity index (χ2n) is 2.71. The number of hydrogen-bond acceptors (Lipinski definition) is 4. The van der Waals surface area contributed by atoms with E-state index < -0.39 is 0 Å². The number of hydrogen-bond donors (Lipinski definition) is 1. The van der Waals surface area contributed by atoms with Crippen LogP contribution in [0.15, 0.2) is 30.5 Å². The zero-order valence-corrected chi connectivity index (χ0v) is 7.18. The molecule has 2 rings (SSSR count). The summed E-state index contributed by atoms with van der Waals surface area (Å²) in [6.07, 6.45) is 1.41. The first kappa shape index (κ1) is 8.55. The molecule has 0 aliphatic heterocycles. The van der Waals surface area contributed by atoms with Gasteiger partial charge in [-0.1, -0.05) is 0 Å². The SMILES string of the molecule is Nc1cnc(-c2ccc(F)cc2)nn1. The van der Waals surface area contributed by atoms with Crippen molar-refractivity contribution in [1.29, 1.82) is 0 Å². The highest BCUT2D eigenvalue weighted by molar-refractivity contribution is 5.54. The van der Waals surface area contributed by atoms with Crippen LogP contribution in [0.2, 0.25) is 0 Å². The van der Waals surface area contributed by atoms with E-state index in [9.17, 15) is 4.39 Å². The van der Waals surface area contributed by atoms with Crippen LogP contribution in [0.5, 0.6) is 0 Å². The third-order valence-corrected chi connectivity index (χ3v) is 1.68. The van der Waals surface area contributed by atoms with E-state index in [0.29, 0.717) is 11.4 Å². The second kappa shape index (κ2) is 3.37. The number of aromatic nitrogens is 3. The zero-order valence-electron chi connectivity index (χ0n) is 7.18. The van der Waals surface area contributed by atoms with Crippen LogP contribution in [0.25, 0.3) is 11.4 Å². The Bertz CT molecular complexity index is 380. The topological polar surface area (TPSA) is 64.7 Å². The maximum Gasteiger partial charge on any atom is 0.181 e. The first-order valence-corrected chi connectivity index (χ1v) is 3.97. The Morgan fingerprint density at radius 2 is 1.79 bits per heavy atom. The fourth-order valence-corrected chi connectivity index (χ4v) is 1.02. The van der Waals surface area contributed by atoms with Crippen molar-refractivity contribution in [1.82, 2.24) is 15.2 Å². The van der Waals surface area contributed by atoms with Gasteiger partial charge in [0.15, 0.2) is 11.6 Å². The third-order valence-electron chi connectivity index (χ3n) is 1.68. The summed E-state index contributed by atoms with van der Waals surface area (Å²) < 4.78 is 12.6. The van der Waals surface area contributed by atoms with Crippen LogP contribution in [0, 0.1) is 5.82 Å². The minimum Gasteiger partial charge on any atom is -0.381 e. The highest BCUT2D eigenvalue weighted by Crippen LogP contribution is 2.13. The fraction of sp³-hybridized carbons (Fsp3) is 0. The lowest BCUT2D eigenvalue weighted by molar-refractivity contribution is 0.628. The van der Waals surface area contributed by atoms with Gasteiger partial charge in [-0.05, 0) is 24.3 Å². The lowest BCUT2D eigenvalue weighted by atomic mass is 10.2. The Morgan fingerprint density at radius 3 is 2.36 bits per heavy atom. The summed E-state index contributed by atoms with van der Waals surface area (Å²) in [6, 6.07) is 5.86. The van der Waals surface area contributed by atoms with Gasteiger partial charge < -0.3 is 5.73 Å². The largest absolute Gasteiger partial charge is 0.381 e. The average molecular weight is 190 g/mol. The standard InChI is InChI=1S/C9H7FN4/c10-7-3-1-6(2-4-7)9-12-5-8(11)13-14-9/h1-5H,(H2,11,13). The Labute approximate surface area is 79.6 Å². The number of nitrogens with zero attached hydrogens (tertiary/aromatic N) is 3. The lowest BCUT2D eigenvalue weighted by Crippen LogP contribution is -1.97. The third kappa shape index (κ3) is 1.66. The second-order valence-corrected chi connectivity index (χ2v) is 2.71. The number of halogens is 1. The molecule has 0 fully saturated rings. The molecular formula is C9H7FN4. The molecule has 0 saturated carbocycles. The van der Waals surface area contributed by atoms with E-state index in [4.69, 9.17) is 5.73 Å². The molecule has 1 aromatic heterocycles. The maximum atomic E-state index is 12.6. The van der Waals surface area contributed by atoms with Gasteiger partial charge >= 0.3 is 0 Å². The minimum atomic E-state index is -0.294. The van der Waals surface area contributed by atoms with Crippen LogP contribution >= 0.6 is 0 Å². The van der Waals surface area contributed by atoms with Crippen molar-refractivity contribution in [3.63, 3.8) is 0 Å². The van der Waals surface area contributed by atoms with Gasteiger partial charge in [-0.15, -0.1) is 10.2 Å². The molecule has 0 bridgehead atoms. The predicted octanol–water partition coefficient (Wildman–Crippen LogP) is 1.26. The molecule has 2 N–H and O–H groups in total. The van der Waals surface area contributed by atoms with E-state index in [0.717, 1.165) is 0 Å². The van der Waals surface area contributed by atoms with Gasteiger partial charge in [0.2, 0.25) is 0 Å². The van der Waals surface area contributed by atoms with Crippen LogP contribution in [0.1, 0.15) is 0 Å². The van der Waals surface area contributed by atoms with Crippen molar-refractivity contribution < 1.29 is 4.39 Å². The van der Waals surface area contributed by atoms with Crippen molar-refractivity contribution in [2.24, 2.45) is 0 Å². The Balaban J connectivity index is 2.40. The normalized spacial score (nSPS) is 10.1. The van der Waals surface area contributed by atoms with Gasteiger partial charge in [0, 0.05) is 5.56 Å². The molecule has 5 heteroatoms. The quantitative estimate of drug-likeness (QED) is 0.735. The van der Waals surface area contributed by atoms with Gasteiger partial charge in [0.1, 0.15) is 5.82 Å². The Kier molecular flexibility index (Phi) is 2.06. The summed E-state index contributed by atoms with van der Waals surface area (Å²) in [6.45, 7) is 0. The highest BCUT2D eigenvalue weighted by atomic mass is 19.1. The summed E-state index contributed by atoms with van der Waals surface area (Å²) in [4.78, 5) is 3.96. The van der Waals surface area contributed by atoms with E-state index >= 15 is 0 Å². The van der Waals surface area contributed by atoms with Gasteiger partial charge in [-0.3, -0.25) is 0 Å². The molecule has 14 heavy (non-hydrogen) atoms. The van der Waals surface area contributed by atoms with E-state index in [2.05, 4.69) is 15.2 Å². The number of nitrogen functional groups attached to an aromatic ring is 1. The zero-order chi connectivity index (χ0) is 9.97. The van der Waals surface area contributed by atoms with Crippen molar-refractivity contribution in [3.05, 3.63) is 36.3 Å². The highest BCUT2D eigenvalue weighted by Gasteiger charge is 2.01. The van der Waals surface area contributed by atoms with Crippen molar-refractivity contribution in [2.75, 3.05) is 5.73 Å². The smallest absolute Gasteiger partial charge is 0.181 e. The molecule has 4 nitrogen and oxygen atoms in total. The maximum absolute atomic E-state index is 12.6. The summed E-state index contributed by atoms with van der Waals surface area (Å²) in [7, 11) is 0. The van der Waals surface area contributed by atoms with Crippen molar-refractivity contribution >= 4 is 5.82 Å². The van der Waals surface area contributed by atoms with Gasteiger partial charge in [-0.25, -0.2) is 9.37 Å². The summed E-state index contributed by atoms with van der Waals surface area (Å²) >= 11 is 0. The molecule has 1 heterocycles. The lowest BCUT2D eigenvalue weighted by Gasteiger charge is -1.98.